The highest BCUT2D eigenvalue weighted by Gasteiger charge is 2.49. The summed E-state index contributed by atoms with van der Waals surface area (Å²) in [5, 5.41) is 20.0. The van der Waals surface area contributed by atoms with Crippen molar-refractivity contribution in [3.05, 3.63) is 71.5 Å². The number of piperidine rings is 1. The molecule has 4 N–H and O–H groups in total. The van der Waals surface area contributed by atoms with E-state index in [0.29, 0.717) is 57.3 Å². The van der Waals surface area contributed by atoms with Crippen LogP contribution in [0.25, 0.3) is 33.3 Å². The monoisotopic (exact) mass is 943 g/mol. The molecule has 4 saturated heterocycles. The first-order valence-electron chi connectivity index (χ1n) is 25.2. The van der Waals surface area contributed by atoms with Crippen molar-refractivity contribution in [1.82, 2.24) is 40.4 Å². The van der Waals surface area contributed by atoms with E-state index >= 15 is 0 Å². The van der Waals surface area contributed by atoms with Crippen molar-refractivity contribution < 1.29 is 33.8 Å². The fraction of sp³-hybridized carbons (Fsp3) is 0.556. The van der Waals surface area contributed by atoms with Crippen LogP contribution in [0.15, 0.2) is 54.7 Å². The molecule has 15 heteroatoms. The Morgan fingerprint density at radius 1 is 1.00 bits per heavy atom. The number of phenols is 1. The van der Waals surface area contributed by atoms with Gasteiger partial charge in [0, 0.05) is 79.2 Å². The second kappa shape index (κ2) is 19.2. The fourth-order valence-corrected chi connectivity index (χ4v) is 11.9. The molecule has 7 atom stereocenters. The molecule has 4 fully saturated rings. The topological polar surface area (TPSA) is 188 Å². The maximum Gasteiger partial charge on any atom is 0.324 e. The van der Waals surface area contributed by atoms with E-state index in [1.54, 1.807) is 19.2 Å². The van der Waals surface area contributed by atoms with E-state index in [4.69, 9.17) is 9.72 Å². The van der Waals surface area contributed by atoms with Gasteiger partial charge in [-0.3, -0.25) is 34.0 Å². The van der Waals surface area contributed by atoms with Crippen molar-refractivity contribution in [2.24, 2.45) is 17.3 Å². The highest BCUT2D eigenvalue weighted by Crippen LogP contribution is 2.43. The van der Waals surface area contributed by atoms with E-state index < -0.39 is 41.3 Å². The predicted octanol–water partition coefficient (Wildman–Crippen LogP) is 6.09. The van der Waals surface area contributed by atoms with E-state index in [1.807, 2.05) is 37.1 Å². The van der Waals surface area contributed by atoms with E-state index in [1.165, 1.54) is 9.91 Å². The number of hydrogen-bond donors (Lipinski definition) is 4. The molecular weight excluding hydrogens is 873 g/mol. The Morgan fingerprint density at radius 3 is 2.42 bits per heavy atom. The number of amides is 4. The largest absolute Gasteiger partial charge is 0.508 e. The van der Waals surface area contributed by atoms with Crippen LogP contribution < -0.4 is 16.1 Å². The summed E-state index contributed by atoms with van der Waals surface area (Å²) in [6.07, 6.45) is 6.26. The van der Waals surface area contributed by atoms with Gasteiger partial charge in [0.2, 0.25) is 17.7 Å². The van der Waals surface area contributed by atoms with E-state index in [9.17, 15) is 29.1 Å². The fourth-order valence-electron chi connectivity index (χ4n) is 11.9. The van der Waals surface area contributed by atoms with Crippen LogP contribution in [0.4, 0.5) is 0 Å². The number of phenolic OH excluding ortho intramolecular Hbond substituents is 1. The van der Waals surface area contributed by atoms with Crippen LogP contribution in [0.3, 0.4) is 0 Å². The van der Waals surface area contributed by atoms with Crippen LogP contribution >= 0.6 is 0 Å². The van der Waals surface area contributed by atoms with Crippen LogP contribution in [-0.4, -0.2) is 122 Å². The third-order valence-electron chi connectivity index (χ3n) is 15.2. The number of likely N-dealkylation sites (N-methyl/N-ethyl adjacent to an activating group) is 1. The van der Waals surface area contributed by atoms with Gasteiger partial charge in [0.05, 0.1) is 24.0 Å². The van der Waals surface area contributed by atoms with Crippen LogP contribution in [0.1, 0.15) is 110 Å². The number of cyclic esters (lactones) is 1. The molecule has 5 aliphatic rings. The molecule has 9 rings (SSSR count). The summed E-state index contributed by atoms with van der Waals surface area (Å²) in [5.41, 5.74) is 10.2. The standard InChI is InChI=1S/C54H70N8O7/c1-9-60-45-17-14-33-26-40(45)41(48(60)39-12-10-18-55-46(39)30(2)3)27-54(6,7)29-69-53(68)42-13-11-19-61(58-42)51(66)43(22-32-20-34(33)25-38(63)21-32)57-49(64)47(31(4)5)59(8)50(65)35-23-36-15-16-37(24-35)62(36)52(67)44-28-56-44/h10,12,14,17-18,20-21,25-26,30-31,35-37,42-44,47,56,58,63H,9,11,13,15-16,19,22-24,27-29H2,1-8H3,(H,57,64)/t35?,36-,37+,42-,43-,44-,47-/m0/s1. The maximum absolute atomic E-state index is 14.8. The van der Waals surface area contributed by atoms with Gasteiger partial charge in [-0.25, -0.2) is 5.43 Å². The molecule has 1 unspecified atom stereocenters. The summed E-state index contributed by atoms with van der Waals surface area (Å²) < 4.78 is 8.48. The Morgan fingerprint density at radius 2 is 1.74 bits per heavy atom. The number of rotatable bonds is 9. The van der Waals surface area contributed by atoms with Crippen molar-refractivity contribution in [3.8, 4) is 28.1 Å². The zero-order chi connectivity index (χ0) is 49.1. The van der Waals surface area contributed by atoms with Crippen LogP contribution in [0, 0.1) is 17.3 Å². The number of benzene rings is 2. The lowest BCUT2D eigenvalue weighted by atomic mass is 9.83. The maximum atomic E-state index is 14.8. The number of aromatic hydroxyl groups is 1. The van der Waals surface area contributed by atoms with Gasteiger partial charge in [-0.05, 0) is 122 Å². The molecule has 0 radical (unpaired) electrons. The Balaban J connectivity index is 1.07. The summed E-state index contributed by atoms with van der Waals surface area (Å²) >= 11 is 0. The molecule has 69 heavy (non-hydrogen) atoms. The van der Waals surface area contributed by atoms with E-state index in [-0.39, 0.29) is 66.5 Å². The molecule has 8 bridgehead atoms. The molecule has 7 heterocycles. The number of carbonyl (C=O) groups is 5. The minimum Gasteiger partial charge on any atom is -0.508 e. The summed E-state index contributed by atoms with van der Waals surface area (Å²) in [5.74, 6) is -1.87. The van der Waals surface area contributed by atoms with Gasteiger partial charge >= 0.3 is 5.97 Å². The highest BCUT2D eigenvalue weighted by atomic mass is 16.5. The number of nitrogens with zero attached hydrogens (tertiary/aromatic N) is 5. The number of fused-ring (bicyclic) bond motifs is 8. The van der Waals surface area contributed by atoms with Gasteiger partial charge in [0.1, 0.15) is 23.9 Å². The second-order valence-corrected chi connectivity index (χ2v) is 21.7. The first kappa shape index (κ1) is 48.2. The molecule has 0 aliphatic carbocycles. The molecule has 2 aromatic heterocycles. The summed E-state index contributed by atoms with van der Waals surface area (Å²) in [7, 11) is 1.66. The summed E-state index contributed by atoms with van der Waals surface area (Å²) in [6, 6.07) is 12.8. The van der Waals surface area contributed by atoms with Gasteiger partial charge in [-0.1, -0.05) is 53.7 Å². The lowest BCUT2D eigenvalue weighted by Gasteiger charge is -2.41. The normalized spacial score (nSPS) is 25.1. The predicted molar refractivity (Wildman–Crippen MR) is 264 cm³/mol. The number of esters is 1. The number of nitrogens with one attached hydrogen (secondary N) is 3. The summed E-state index contributed by atoms with van der Waals surface area (Å²) in [4.78, 5) is 79.5. The smallest absolute Gasteiger partial charge is 0.324 e. The third kappa shape index (κ3) is 9.60. The second-order valence-electron chi connectivity index (χ2n) is 21.7. The van der Waals surface area contributed by atoms with Crippen molar-refractivity contribution in [1.29, 1.82) is 0 Å². The first-order valence-corrected chi connectivity index (χ1v) is 25.2. The average molecular weight is 943 g/mol. The number of aryl methyl sites for hydroxylation is 1. The number of pyridine rings is 1. The minimum absolute atomic E-state index is 0.00225. The SMILES string of the molecule is CCn1c(-c2cccnc2C(C)C)c2c3cc(ccc31)-c1cc(O)cc(c1)C[C@H](NC(=O)[C@H](C(C)C)N(C)C(=O)C1C[C@H]3CC[C@@H](C1)N3C(=O)[C@@H]1CN1)C(=O)N1CCC[C@H](N1)C(=O)OCC(C)(C)C2. The number of aromatic nitrogens is 2. The van der Waals surface area contributed by atoms with Gasteiger partial charge in [0.15, 0.2) is 0 Å². The van der Waals surface area contributed by atoms with Gasteiger partial charge in [-0.2, -0.15) is 0 Å². The summed E-state index contributed by atoms with van der Waals surface area (Å²) in [6.45, 7) is 16.3. The molecule has 15 nitrogen and oxygen atoms in total. The molecule has 0 spiro atoms. The minimum atomic E-state index is -1.14. The lowest BCUT2D eigenvalue weighted by Crippen LogP contribution is -2.62. The van der Waals surface area contributed by atoms with Crippen LogP contribution in [0.2, 0.25) is 0 Å². The van der Waals surface area contributed by atoms with Gasteiger partial charge in [0.25, 0.3) is 5.91 Å². The Kier molecular flexibility index (Phi) is 13.4. The molecular formula is C54H70N8O7. The molecule has 4 aromatic rings. The first-order chi connectivity index (χ1) is 32.9. The number of ether oxygens (including phenoxy) is 1. The Labute approximate surface area is 405 Å². The van der Waals surface area contributed by atoms with Crippen molar-refractivity contribution in [2.75, 3.05) is 26.7 Å². The van der Waals surface area contributed by atoms with Crippen LogP contribution in [0.5, 0.6) is 5.75 Å². The zero-order valence-electron chi connectivity index (χ0n) is 41.5. The molecule has 0 saturated carbocycles. The van der Waals surface area contributed by atoms with Crippen molar-refractivity contribution in [3.63, 3.8) is 0 Å². The molecule has 2 aromatic carbocycles. The number of hydrazine groups is 1. The Hall–Kier alpha value is -5.80. The van der Waals surface area contributed by atoms with Gasteiger partial charge < -0.3 is 34.8 Å². The van der Waals surface area contributed by atoms with Crippen molar-refractivity contribution in [2.45, 2.75) is 149 Å². The quantitative estimate of drug-likeness (QED) is 0.113. The van der Waals surface area contributed by atoms with Gasteiger partial charge in [-0.15, -0.1) is 0 Å². The number of carbonyl (C=O) groups excluding carboxylic acids is 5. The van der Waals surface area contributed by atoms with E-state index in [0.717, 1.165) is 57.4 Å². The third-order valence-corrected chi connectivity index (χ3v) is 15.2. The highest BCUT2D eigenvalue weighted by molar-refractivity contribution is 5.96. The lowest BCUT2D eigenvalue weighted by molar-refractivity contribution is -0.155. The molecule has 5 aliphatic heterocycles. The van der Waals surface area contributed by atoms with E-state index in [2.05, 4.69) is 79.5 Å². The zero-order valence-corrected chi connectivity index (χ0v) is 41.5. The van der Waals surface area contributed by atoms with Crippen molar-refractivity contribution >= 4 is 40.5 Å². The Bertz CT molecular complexity index is 2640. The van der Waals surface area contributed by atoms with Crippen LogP contribution in [-0.2, 0) is 48.1 Å². The average Bonchev–Trinajstić information content (AvgIpc) is 4.09. The molecule has 4 amide bonds. The number of hydrogen-bond acceptors (Lipinski definition) is 10. The molecule has 368 valence electrons.